The number of aryl methyl sites for hydroxylation is 1. The lowest BCUT2D eigenvalue weighted by molar-refractivity contribution is -0.135. The average Bonchev–Trinajstić information content (AvgIpc) is 3.33. The highest BCUT2D eigenvalue weighted by Crippen LogP contribution is 2.58. The van der Waals surface area contributed by atoms with E-state index in [1.165, 1.54) is 30.5 Å². The molecule has 0 heterocycles. The third kappa shape index (κ3) is 5.49. The average molecular weight is 473 g/mol. The molecule has 0 radical (unpaired) electrons. The summed E-state index contributed by atoms with van der Waals surface area (Å²) < 4.78 is 18.9. The first-order valence-electron chi connectivity index (χ1n) is 11.6. The van der Waals surface area contributed by atoms with Gasteiger partial charge in [0, 0.05) is 18.7 Å². The Hall–Kier alpha value is -2.60. The molecule has 0 spiro atoms. The predicted octanol–water partition coefficient (Wildman–Crippen LogP) is 4.80. The number of benzene rings is 2. The molecule has 0 aliphatic heterocycles. The second-order valence-electron chi connectivity index (χ2n) is 9.29. The fourth-order valence-corrected chi connectivity index (χ4v) is 5.09. The fraction of sp³-hybridized carbons (Fsp3) is 0.462. The van der Waals surface area contributed by atoms with E-state index in [2.05, 4.69) is 41.8 Å². The molecule has 7 heteroatoms. The second-order valence-corrected chi connectivity index (χ2v) is 9.70. The predicted molar refractivity (Wildman–Crippen MR) is 126 cm³/mol. The van der Waals surface area contributed by atoms with Crippen molar-refractivity contribution < 1.29 is 18.7 Å². The summed E-state index contributed by atoms with van der Waals surface area (Å²) in [5, 5.41) is 6.07. The van der Waals surface area contributed by atoms with E-state index in [0.717, 1.165) is 30.9 Å². The van der Waals surface area contributed by atoms with Gasteiger partial charge in [0.05, 0.1) is 10.4 Å². The first-order chi connectivity index (χ1) is 15.9. The van der Waals surface area contributed by atoms with Crippen LogP contribution in [0.1, 0.15) is 50.2 Å². The zero-order valence-corrected chi connectivity index (χ0v) is 19.6. The van der Waals surface area contributed by atoms with Gasteiger partial charge in [0.15, 0.2) is 6.61 Å². The van der Waals surface area contributed by atoms with E-state index in [-0.39, 0.29) is 40.7 Å². The minimum Gasteiger partial charge on any atom is -0.484 e. The van der Waals surface area contributed by atoms with Gasteiger partial charge >= 0.3 is 0 Å². The molecule has 3 aliphatic carbocycles. The number of carbonyl (C=O) groups excluding carboxylic acids is 2. The Morgan fingerprint density at radius 2 is 1.85 bits per heavy atom. The van der Waals surface area contributed by atoms with Crippen LogP contribution in [0.4, 0.5) is 4.39 Å². The van der Waals surface area contributed by atoms with Gasteiger partial charge < -0.3 is 15.4 Å². The number of unbranched alkanes of at least 4 members (excludes halogenated alkanes) is 1. The molecule has 33 heavy (non-hydrogen) atoms. The molecule has 0 saturated heterocycles. The van der Waals surface area contributed by atoms with E-state index >= 15 is 0 Å². The lowest BCUT2D eigenvalue weighted by atomic mass is 9.69. The van der Waals surface area contributed by atoms with Crippen LogP contribution in [-0.2, 0) is 22.6 Å². The molecular formula is C26H30ClFN2O3. The van der Waals surface area contributed by atoms with Gasteiger partial charge in [0.2, 0.25) is 5.91 Å². The molecule has 3 saturated carbocycles. The molecular weight excluding hydrogens is 443 g/mol. The summed E-state index contributed by atoms with van der Waals surface area (Å²) in [7, 11) is 0. The van der Waals surface area contributed by atoms with Crippen LogP contribution in [0.5, 0.6) is 5.75 Å². The number of halogens is 2. The van der Waals surface area contributed by atoms with E-state index in [1.807, 2.05) is 0 Å². The maximum atomic E-state index is 13.5. The molecule has 0 aromatic heterocycles. The number of carbonyl (C=O) groups is 2. The van der Waals surface area contributed by atoms with Crippen LogP contribution in [0, 0.1) is 17.2 Å². The molecule has 3 fully saturated rings. The van der Waals surface area contributed by atoms with Crippen molar-refractivity contribution >= 4 is 23.4 Å². The quantitative estimate of drug-likeness (QED) is 0.522. The van der Waals surface area contributed by atoms with Crippen LogP contribution in [0.25, 0.3) is 0 Å². The van der Waals surface area contributed by atoms with Gasteiger partial charge in [-0.25, -0.2) is 4.39 Å². The van der Waals surface area contributed by atoms with Gasteiger partial charge in [0.1, 0.15) is 11.6 Å². The maximum Gasteiger partial charge on any atom is 0.258 e. The number of nitrogens with one attached hydrogen (secondary N) is 2. The zero-order valence-electron chi connectivity index (χ0n) is 18.8. The van der Waals surface area contributed by atoms with Gasteiger partial charge in [-0.05, 0) is 61.3 Å². The largest absolute Gasteiger partial charge is 0.484 e. The molecule has 5 rings (SSSR count). The van der Waals surface area contributed by atoms with Crippen LogP contribution < -0.4 is 15.4 Å². The number of ether oxygens (including phenoxy) is 1. The SMILES string of the molecule is CCCCc1ccc(CNC(=O)C23CC(C2)[C@@H](NC(=O)COc2ccc(Cl)c(F)c2)C3)cc1. The number of rotatable bonds is 10. The summed E-state index contributed by atoms with van der Waals surface area (Å²) in [5.41, 5.74) is 2.03. The highest BCUT2D eigenvalue weighted by Gasteiger charge is 2.60. The Kier molecular flexibility index (Phi) is 7.23. The van der Waals surface area contributed by atoms with Gasteiger partial charge in [-0.1, -0.05) is 49.2 Å². The van der Waals surface area contributed by atoms with Crippen LogP contribution in [-0.4, -0.2) is 24.5 Å². The van der Waals surface area contributed by atoms with Crippen molar-refractivity contribution in [3.05, 3.63) is 64.4 Å². The third-order valence-electron chi connectivity index (χ3n) is 6.87. The molecule has 2 amide bonds. The van der Waals surface area contributed by atoms with Gasteiger partial charge in [-0.2, -0.15) is 0 Å². The van der Waals surface area contributed by atoms with Gasteiger partial charge in [0.25, 0.3) is 5.91 Å². The fourth-order valence-electron chi connectivity index (χ4n) is 4.97. The highest BCUT2D eigenvalue weighted by molar-refractivity contribution is 6.30. The Bertz CT molecular complexity index is 1010. The molecule has 1 atom stereocenters. The van der Waals surface area contributed by atoms with Crippen molar-refractivity contribution in [3.63, 3.8) is 0 Å². The van der Waals surface area contributed by atoms with E-state index in [9.17, 15) is 14.0 Å². The van der Waals surface area contributed by atoms with Crippen molar-refractivity contribution in [2.45, 2.75) is 58.0 Å². The molecule has 0 unspecified atom stereocenters. The van der Waals surface area contributed by atoms with E-state index < -0.39 is 5.82 Å². The summed E-state index contributed by atoms with van der Waals surface area (Å²) in [6.45, 7) is 2.49. The van der Waals surface area contributed by atoms with E-state index in [1.54, 1.807) is 0 Å². The summed E-state index contributed by atoms with van der Waals surface area (Å²) in [5.74, 6) is -0.241. The monoisotopic (exact) mass is 472 g/mol. The molecule has 2 aromatic carbocycles. The zero-order chi connectivity index (χ0) is 23.4. The molecule has 3 aliphatic rings. The lowest BCUT2D eigenvalue weighted by Crippen LogP contribution is -2.44. The summed E-state index contributed by atoms with van der Waals surface area (Å²) >= 11 is 5.65. The minimum absolute atomic E-state index is 0.00472. The number of amides is 2. The summed E-state index contributed by atoms with van der Waals surface area (Å²) in [6.07, 6.45) is 5.68. The third-order valence-corrected chi connectivity index (χ3v) is 7.18. The Morgan fingerprint density at radius 3 is 2.55 bits per heavy atom. The van der Waals surface area contributed by atoms with Crippen molar-refractivity contribution in [1.29, 1.82) is 0 Å². The Balaban J connectivity index is 1.21. The molecule has 2 N–H and O–H groups in total. The highest BCUT2D eigenvalue weighted by atomic mass is 35.5. The molecule has 2 bridgehead atoms. The first-order valence-corrected chi connectivity index (χ1v) is 12.0. The molecule has 2 aromatic rings. The van der Waals surface area contributed by atoms with Gasteiger partial charge in [-0.15, -0.1) is 0 Å². The number of hydrogen-bond acceptors (Lipinski definition) is 3. The first kappa shape index (κ1) is 23.6. The lowest BCUT2D eigenvalue weighted by Gasteiger charge is -2.36. The molecule has 5 nitrogen and oxygen atoms in total. The number of fused-ring (bicyclic) bond motifs is 1. The molecule has 176 valence electrons. The topological polar surface area (TPSA) is 67.4 Å². The van der Waals surface area contributed by atoms with E-state index in [0.29, 0.717) is 18.9 Å². The summed E-state index contributed by atoms with van der Waals surface area (Å²) in [6, 6.07) is 12.5. The Morgan fingerprint density at radius 1 is 1.12 bits per heavy atom. The van der Waals surface area contributed by atoms with Crippen LogP contribution in [0.15, 0.2) is 42.5 Å². The van der Waals surface area contributed by atoms with Crippen molar-refractivity contribution in [1.82, 2.24) is 10.6 Å². The maximum absolute atomic E-state index is 13.5. The second kappa shape index (κ2) is 10.1. The van der Waals surface area contributed by atoms with Crippen molar-refractivity contribution in [2.24, 2.45) is 11.3 Å². The van der Waals surface area contributed by atoms with E-state index in [4.69, 9.17) is 16.3 Å². The normalized spacial score (nSPS) is 23.0. The van der Waals surface area contributed by atoms with Gasteiger partial charge in [-0.3, -0.25) is 9.59 Å². The smallest absolute Gasteiger partial charge is 0.258 e. The van der Waals surface area contributed by atoms with Crippen molar-refractivity contribution in [2.75, 3.05) is 6.61 Å². The van der Waals surface area contributed by atoms with Crippen molar-refractivity contribution in [3.8, 4) is 5.75 Å². The van der Waals surface area contributed by atoms with Crippen LogP contribution in [0.2, 0.25) is 5.02 Å². The number of hydrogen-bond donors (Lipinski definition) is 2. The standard InChI is InChI=1S/C26H30ClFN2O3/c1-2-3-4-17-5-7-18(8-6-17)15-29-25(32)26-12-19(13-26)23(14-26)30-24(31)16-33-20-9-10-21(27)22(28)11-20/h5-11,19,23H,2-4,12-16H2,1H3,(H,29,32)(H,30,31)/t19?,23-,26?/m0/s1. The van der Waals surface area contributed by atoms with Crippen LogP contribution in [0.3, 0.4) is 0 Å². The minimum atomic E-state index is -0.591. The van der Waals surface area contributed by atoms with Crippen LogP contribution >= 0.6 is 11.6 Å². The summed E-state index contributed by atoms with van der Waals surface area (Å²) in [4.78, 5) is 25.2. The Labute approximate surface area is 199 Å².